The average molecular weight is 337 g/mol. The Morgan fingerprint density at radius 1 is 1.39 bits per heavy atom. The van der Waals surface area contributed by atoms with Gasteiger partial charge in [-0.2, -0.15) is 0 Å². The SMILES string of the molecule is CCc1ncc(C(=O)N2CCCC2CN2CC(C)OC(C)C2)s1. The van der Waals surface area contributed by atoms with Crippen molar-refractivity contribution in [2.45, 2.75) is 58.3 Å². The van der Waals surface area contributed by atoms with Crippen molar-refractivity contribution in [3.05, 3.63) is 16.1 Å². The molecule has 0 radical (unpaired) electrons. The number of morpholine rings is 1. The Hall–Kier alpha value is -0.980. The van der Waals surface area contributed by atoms with E-state index in [2.05, 4.69) is 35.6 Å². The van der Waals surface area contributed by atoms with E-state index >= 15 is 0 Å². The Morgan fingerprint density at radius 3 is 2.78 bits per heavy atom. The fourth-order valence-corrected chi connectivity index (χ4v) is 4.55. The van der Waals surface area contributed by atoms with Crippen LogP contribution in [-0.2, 0) is 11.2 Å². The Kier molecular flexibility index (Phi) is 5.34. The predicted octanol–water partition coefficient (Wildman–Crippen LogP) is 2.42. The molecule has 0 saturated carbocycles. The molecule has 0 aliphatic carbocycles. The molecule has 6 heteroatoms. The largest absolute Gasteiger partial charge is 0.373 e. The van der Waals surface area contributed by atoms with Gasteiger partial charge in [-0.25, -0.2) is 4.98 Å². The number of aryl methyl sites for hydroxylation is 1. The van der Waals surface area contributed by atoms with E-state index in [1.165, 1.54) is 0 Å². The second kappa shape index (κ2) is 7.28. The van der Waals surface area contributed by atoms with Crippen molar-refractivity contribution >= 4 is 17.2 Å². The average Bonchev–Trinajstić information content (AvgIpc) is 3.14. The molecule has 3 heterocycles. The van der Waals surface area contributed by atoms with Crippen LogP contribution < -0.4 is 0 Å². The van der Waals surface area contributed by atoms with E-state index in [-0.39, 0.29) is 18.1 Å². The van der Waals surface area contributed by atoms with Gasteiger partial charge in [0.25, 0.3) is 5.91 Å². The van der Waals surface area contributed by atoms with Gasteiger partial charge in [-0.05, 0) is 33.1 Å². The van der Waals surface area contributed by atoms with Crippen molar-refractivity contribution < 1.29 is 9.53 Å². The molecule has 1 aromatic heterocycles. The monoisotopic (exact) mass is 337 g/mol. The molecule has 3 atom stereocenters. The van der Waals surface area contributed by atoms with Crippen molar-refractivity contribution in [2.75, 3.05) is 26.2 Å². The lowest BCUT2D eigenvalue weighted by atomic mass is 10.1. The van der Waals surface area contributed by atoms with E-state index in [0.29, 0.717) is 6.04 Å². The van der Waals surface area contributed by atoms with Gasteiger partial charge in [0.15, 0.2) is 0 Å². The first-order valence-corrected chi connectivity index (χ1v) is 9.52. The van der Waals surface area contributed by atoms with Crippen LogP contribution >= 0.6 is 11.3 Å². The summed E-state index contributed by atoms with van der Waals surface area (Å²) in [5, 5.41) is 1.04. The summed E-state index contributed by atoms with van der Waals surface area (Å²) in [6.45, 7) is 10.1. The van der Waals surface area contributed by atoms with Crippen LogP contribution in [0.5, 0.6) is 0 Å². The van der Waals surface area contributed by atoms with Gasteiger partial charge < -0.3 is 9.64 Å². The zero-order chi connectivity index (χ0) is 16.4. The van der Waals surface area contributed by atoms with Crippen LogP contribution in [0.2, 0.25) is 0 Å². The van der Waals surface area contributed by atoms with Crippen LogP contribution in [0, 0.1) is 0 Å². The van der Waals surface area contributed by atoms with Crippen LogP contribution in [0.25, 0.3) is 0 Å². The second-order valence-corrected chi connectivity index (χ2v) is 7.86. The fraction of sp³-hybridized carbons (Fsp3) is 0.765. The normalized spacial score (nSPS) is 29.2. The third kappa shape index (κ3) is 3.92. The molecule has 0 N–H and O–H groups in total. The van der Waals surface area contributed by atoms with E-state index in [9.17, 15) is 4.79 Å². The lowest BCUT2D eigenvalue weighted by Crippen LogP contribution is -2.50. The highest BCUT2D eigenvalue weighted by molar-refractivity contribution is 7.13. The van der Waals surface area contributed by atoms with Crippen LogP contribution in [0.1, 0.15) is 48.3 Å². The van der Waals surface area contributed by atoms with Gasteiger partial charge in [0.2, 0.25) is 0 Å². The molecule has 5 nitrogen and oxygen atoms in total. The molecule has 2 aliphatic heterocycles. The molecule has 2 fully saturated rings. The molecule has 0 bridgehead atoms. The number of carbonyl (C=O) groups excluding carboxylic acids is 1. The van der Waals surface area contributed by atoms with E-state index < -0.39 is 0 Å². The molecule has 3 rings (SSSR count). The maximum Gasteiger partial charge on any atom is 0.265 e. The molecule has 1 aromatic rings. The van der Waals surface area contributed by atoms with Crippen LogP contribution in [0.3, 0.4) is 0 Å². The number of ether oxygens (including phenoxy) is 1. The first-order valence-electron chi connectivity index (χ1n) is 8.70. The van der Waals surface area contributed by atoms with Gasteiger partial charge in [0.1, 0.15) is 4.88 Å². The van der Waals surface area contributed by atoms with Crippen molar-refractivity contribution in [1.82, 2.24) is 14.8 Å². The van der Waals surface area contributed by atoms with Gasteiger partial charge in [-0.15, -0.1) is 11.3 Å². The minimum atomic E-state index is 0.166. The van der Waals surface area contributed by atoms with E-state index in [1.54, 1.807) is 17.5 Å². The molecule has 2 saturated heterocycles. The predicted molar refractivity (Wildman–Crippen MR) is 92.0 cm³/mol. The Morgan fingerprint density at radius 2 is 2.13 bits per heavy atom. The van der Waals surface area contributed by atoms with E-state index in [4.69, 9.17) is 4.74 Å². The number of hydrogen-bond donors (Lipinski definition) is 0. The quantitative estimate of drug-likeness (QED) is 0.846. The zero-order valence-corrected chi connectivity index (χ0v) is 15.1. The van der Waals surface area contributed by atoms with Gasteiger partial charge in [-0.3, -0.25) is 9.69 Å². The minimum Gasteiger partial charge on any atom is -0.373 e. The molecular weight excluding hydrogens is 310 g/mol. The second-order valence-electron chi connectivity index (χ2n) is 6.74. The molecular formula is C17H27N3O2S. The number of carbonyl (C=O) groups is 1. The van der Waals surface area contributed by atoms with Gasteiger partial charge in [0, 0.05) is 32.2 Å². The van der Waals surface area contributed by atoms with E-state index in [0.717, 1.165) is 55.3 Å². The number of likely N-dealkylation sites (tertiary alicyclic amines) is 1. The maximum atomic E-state index is 12.8. The molecule has 2 aliphatic rings. The summed E-state index contributed by atoms with van der Waals surface area (Å²) in [6.07, 6.45) is 5.40. The van der Waals surface area contributed by atoms with Crippen molar-refractivity contribution in [2.24, 2.45) is 0 Å². The summed E-state index contributed by atoms with van der Waals surface area (Å²) in [7, 11) is 0. The molecule has 1 amide bonds. The highest BCUT2D eigenvalue weighted by Gasteiger charge is 2.33. The minimum absolute atomic E-state index is 0.166. The molecule has 23 heavy (non-hydrogen) atoms. The third-order valence-corrected chi connectivity index (χ3v) is 5.80. The van der Waals surface area contributed by atoms with Gasteiger partial charge >= 0.3 is 0 Å². The summed E-state index contributed by atoms with van der Waals surface area (Å²) in [5.74, 6) is 0.166. The maximum absolute atomic E-state index is 12.8. The first-order chi connectivity index (χ1) is 11.1. The zero-order valence-electron chi connectivity index (χ0n) is 14.3. The van der Waals surface area contributed by atoms with Crippen LogP contribution in [-0.4, -0.2) is 65.1 Å². The summed E-state index contributed by atoms with van der Waals surface area (Å²) < 4.78 is 5.81. The number of rotatable bonds is 4. The van der Waals surface area contributed by atoms with E-state index in [1.807, 2.05) is 0 Å². The lowest BCUT2D eigenvalue weighted by molar-refractivity contribution is -0.0715. The summed E-state index contributed by atoms with van der Waals surface area (Å²) in [5.41, 5.74) is 0. The highest BCUT2D eigenvalue weighted by Crippen LogP contribution is 2.24. The summed E-state index contributed by atoms with van der Waals surface area (Å²) in [6, 6.07) is 0.326. The fourth-order valence-electron chi connectivity index (χ4n) is 3.74. The summed E-state index contributed by atoms with van der Waals surface area (Å²) in [4.78, 5) is 22.5. The Balaban J connectivity index is 1.64. The molecule has 0 spiro atoms. The number of thiazole rings is 1. The lowest BCUT2D eigenvalue weighted by Gasteiger charge is -2.38. The van der Waals surface area contributed by atoms with Crippen molar-refractivity contribution in [3.63, 3.8) is 0 Å². The van der Waals surface area contributed by atoms with Gasteiger partial charge in [-0.1, -0.05) is 6.92 Å². The Bertz CT molecular complexity index is 538. The van der Waals surface area contributed by atoms with Crippen LogP contribution in [0.4, 0.5) is 0 Å². The van der Waals surface area contributed by atoms with Crippen molar-refractivity contribution in [3.8, 4) is 0 Å². The molecule has 3 unspecified atom stereocenters. The summed E-state index contributed by atoms with van der Waals surface area (Å²) >= 11 is 1.54. The molecule has 128 valence electrons. The highest BCUT2D eigenvalue weighted by atomic mass is 32.1. The van der Waals surface area contributed by atoms with Crippen molar-refractivity contribution in [1.29, 1.82) is 0 Å². The van der Waals surface area contributed by atoms with Gasteiger partial charge in [0.05, 0.1) is 23.4 Å². The Labute approximate surface area is 142 Å². The standard InChI is InChI=1S/C17H27N3O2S/c1-4-16-18-8-15(23-16)17(21)20-7-5-6-14(20)11-19-9-12(2)22-13(3)10-19/h8,12-14H,4-7,9-11H2,1-3H3. The smallest absolute Gasteiger partial charge is 0.265 e. The topological polar surface area (TPSA) is 45.7 Å². The number of aromatic nitrogens is 1. The number of amides is 1. The first kappa shape index (κ1) is 16.9. The molecule has 0 aromatic carbocycles. The van der Waals surface area contributed by atoms with Crippen LogP contribution in [0.15, 0.2) is 6.20 Å². The number of nitrogens with zero attached hydrogens (tertiary/aromatic N) is 3. The number of hydrogen-bond acceptors (Lipinski definition) is 5. The third-order valence-electron chi connectivity index (χ3n) is 4.67.